The monoisotopic (exact) mass is 449 g/mol. The van der Waals surface area contributed by atoms with Gasteiger partial charge in [-0.1, -0.05) is 61.5 Å². The Morgan fingerprint density at radius 1 is 1.12 bits per heavy atom. The molecule has 1 aromatic heterocycles. The fourth-order valence-electron chi connectivity index (χ4n) is 3.72. The van der Waals surface area contributed by atoms with E-state index in [2.05, 4.69) is 37.5 Å². The van der Waals surface area contributed by atoms with Crippen LogP contribution in [0.3, 0.4) is 0 Å². The van der Waals surface area contributed by atoms with Crippen LogP contribution in [0.15, 0.2) is 73.3 Å². The van der Waals surface area contributed by atoms with E-state index >= 15 is 0 Å². The van der Waals surface area contributed by atoms with Crippen LogP contribution < -0.4 is 4.74 Å². The summed E-state index contributed by atoms with van der Waals surface area (Å²) in [5, 5.41) is 15.4. The first-order valence-electron chi connectivity index (χ1n) is 11.5. The van der Waals surface area contributed by atoms with Crippen LogP contribution >= 0.6 is 0 Å². The highest BCUT2D eigenvalue weighted by Crippen LogP contribution is 2.34. The Labute approximate surface area is 197 Å². The highest BCUT2D eigenvalue weighted by Gasteiger charge is 2.25. The van der Waals surface area contributed by atoms with Crippen LogP contribution in [-0.4, -0.2) is 51.7 Å². The molecule has 0 amide bonds. The van der Waals surface area contributed by atoms with Gasteiger partial charge in [-0.2, -0.15) is 5.10 Å². The first-order chi connectivity index (χ1) is 16.0. The summed E-state index contributed by atoms with van der Waals surface area (Å²) in [4.78, 5) is 2.27. The van der Waals surface area contributed by atoms with E-state index in [-0.39, 0.29) is 12.6 Å². The number of nitrogens with zero attached hydrogens (tertiary/aromatic N) is 3. The van der Waals surface area contributed by atoms with Crippen molar-refractivity contribution in [2.75, 3.05) is 19.8 Å². The maximum Gasteiger partial charge on any atom is 0.222 e. The van der Waals surface area contributed by atoms with Crippen LogP contribution in [-0.2, 0) is 18.3 Å². The number of para-hydroxylation sites is 1. The van der Waals surface area contributed by atoms with Crippen LogP contribution in [0.4, 0.5) is 0 Å². The summed E-state index contributed by atoms with van der Waals surface area (Å²) in [6, 6.07) is 20.1. The third kappa shape index (κ3) is 6.78. The Hall–Kier alpha value is -2.93. The molecule has 0 unspecified atom stereocenters. The van der Waals surface area contributed by atoms with E-state index in [1.165, 1.54) is 0 Å². The molecule has 6 heteroatoms. The van der Waals surface area contributed by atoms with Crippen molar-refractivity contribution >= 4 is 0 Å². The summed E-state index contributed by atoms with van der Waals surface area (Å²) in [6.45, 7) is 9.76. The molecule has 1 N–H and O–H groups in total. The Bertz CT molecular complexity index is 989. The Morgan fingerprint density at radius 3 is 2.42 bits per heavy atom. The number of benzene rings is 2. The van der Waals surface area contributed by atoms with E-state index in [4.69, 9.17) is 14.6 Å². The van der Waals surface area contributed by atoms with Crippen molar-refractivity contribution in [1.29, 1.82) is 0 Å². The van der Waals surface area contributed by atoms with Gasteiger partial charge in [-0.05, 0) is 25.5 Å². The zero-order valence-corrected chi connectivity index (χ0v) is 19.9. The lowest BCUT2D eigenvalue weighted by Gasteiger charge is -2.30. The topological polar surface area (TPSA) is 59.8 Å². The lowest BCUT2D eigenvalue weighted by Crippen LogP contribution is -2.40. The summed E-state index contributed by atoms with van der Waals surface area (Å²) in [6.07, 6.45) is 2.04. The normalized spacial score (nSPS) is 13.1. The van der Waals surface area contributed by atoms with Crippen LogP contribution in [0, 0.1) is 0 Å². The number of aryl methyl sites for hydroxylation is 1. The van der Waals surface area contributed by atoms with Gasteiger partial charge in [-0.15, -0.1) is 6.58 Å². The van der Waals surface area contributed by atoms with Crippen LogP contribution in [0.25, 0.3) is 11.3 Å². The minimum atomic E-state index is -0.603. The van der Waals surface area contributed by atoms with Crippen LogP contribution in [0.2, 0.25) is 0 Å². The molecule has 1 heterocycles. The maximum absolute atomic E-state index is 10.6. The van der Waals surface area contributed by atoms with Crippen molar-refractivity contribution in [2.45, 2.75) is 39.0 Å². The molecule has 33 heavy (non-hydrogen) atoms. The molecule has 3 rings (SSSR count). The molecule has 0 saturated heterocycles. The minimum Gasteiger partial charge on any atom is -0.439 e. The van der Waals surface area contributed by atoms with Crippen LogP contribution in [0.1, 0.15) is 25.8 Å². The number of aliphatic hydroxyl groups excluding tert-OH is 1. The van der Waals surface area contributed by atoms with Crippen molar-refractivity contribution in [3.8, 4) is 22.9 Å². The second kappa shape index (κ2) is 12.3. The zero-order valence-electron chi connectivity index (χ0n) is 19.9. The molecule has 0 bridgehead atoms. The molecule has 0 spiro atoms. The van der Waals surface area contributed by atoms with E-state index in [1.807, 2.05) is 55.6 Å². The predicted molar refractivity (Wildman–Crippen MR) is 132 cm³/mol. The quantitative estimate of drug-likeness (QED) is 0.293. The third-order valence-electron chi connectivity index (χ3n) is 5.66. The molecule has 0 aliphatic rings. The summed E-state index contributed by atoms with van der Waals surface area (Å²) in [5.74, 6) is 1.46. The van der Waals surface area contributed by atoms with Crippen molar-refractivity contribution < 1.29 is 14.6 Å². The van der Waals surface area contributed by atoms with E-state index in [0.717, 1.165) is 29.0 Å². The fourth-order valence-corrected chi connectivity index (χ4v) is 3.72. The largest absolute Gasteiger partial charge is 0.439 e. The Morgan fingerprint density at radius 2 is 1.79 bits per heavy atom. The lowest BCUT2D eigenvalue weighted by molar-refractivity contribution is 0.0156. The van der Waals surface area contributed by atoms with Crippen molar-refractivity contribution in [2.24, 2.45) is 7.05 Å². The molecular weight excluding hydrogens is 414 g/mol. The summed E-state index contributed by atoms with van der Waals surface area (Å²) >= 11 is 0. The van der Waals surface area contributed by atoms with E-state index in [0.29, 0.717) is 25.6 Å². The lowest BCUT2D eigenvalue weighted by atomic mass is 10.1. The van der Waals surface area contributed by atoms with Gasteiger partial charge in [-0.3, -0.25) is 4.90 Å². The second-order valence-electron chi connectivity index (χ2n) is 8.20. The van der Waals surface area contributed by atoms with Crippen molar-refractivity contribution in [1.82, 2.24) is 14.7 Å². The van der Waals surface area contributed by atoms with Gasteiger partial charge < -0.3 is 14.6 Å². The average molecular weight is 450 g/mol. The van der Waals surface area contributed by atoms with Gasteiger partial charge >= 0.3 is 0 Å². The Balaban J connectivity index is 1.95. The number of aliphatic hydroxyl groups is 1. The third-order valence-corrected chi connectivity index (χ3v) is 5.66. The number of ether oxygens (including phenoxy) is 2. The van der Waals surface area contributed by atoms with Gasteiger partial charge in [0.25, 0.3) is 0 Å². The fraction of sp³-hybridized carbons (Fsp3) is 0.370. The summed E-state index contributed by atoms with van der Waals surface area (Å²) in [7, 11) is 1.90. The molecule has 0 fully saturated rings. The standard InChI is InChI=1S/C27H35N3O3/c1-5-17-32-20-23(31)18-30(21(3)6-2)19-25-26(22-13-9-7-10-14-22)28-29(4)27(25)33-24-15-11-8-12-16-24/h5,7-16,21,23,31H,1,6,17-20H2,2-4H3/t21-,23-/m0/s1. The highest BCUT2D eigenvalue weighted by molar-refractivity contribution is 5.65. The van der Waals surface area contributed by atoms with Gasteiger partial charge in [0.2, 0.25) is 5.88 Å². The number of hydrogen-bond acceptors (Lipinski definition) is 5. The maximum atomic E-state index is 10.6. The van der Waals surface area contributed by atoms with Gasteiger partial charge in [0, 0.05) is 31.7 Å². The Kier molecular flexibility index (Phi) is 9.24. The van der Waals surface area contributed by atoms with E-state index in [1.54, 1.807) is 10.8 Å². The highest BCUT2D eigenvalue weighted by atomic mass is 16.5. The summed E-state index contributed by atoms with van der Waals surface area (Å²) in [5.41, 5.74) is 2.91. The van der Waals surface area contributed by atoms with Gasteiger partial charge in [0.05, 0.1) is 24.9 Å². The van der Waals surface area contributed by atoms with Gasteiger partial charge in [-0.25, -0.2) is 4.68 Å². The smallest absolute Gasteiger partial charge is 0.222 e. The van der Waals surface area contributed by atoms with E-state index in [9.17, 15) is 5.11 Å². The average Bonchev–Trinajstić information content (AvgIpc) is 3.14. The zero-order chi connectivity index (χ0) is 23.6. The molecule has 0 saturated carbocycles. The minimum absolute atomic E-state index is 0.257. The number of hydrogen-bond donors (Lipinski definition) is 1. The number of rotatable bonds is 13. The van der Waals surface area contributed by atoms with Crippen molar-refractivity contribution in [3.63, 3.8) is 0 Å². The predicted octanol–water partition coefficient (Wildman–Crippen LogP) is 5.04. The molecular formula is C27H35N3O3. The molecule has 0 aliphatic carbocycles. The molecule has 0 aliphatic heterocycles. The van der Waals surface area contributed by atoms with E-state index < -0.39 is 6.10 Å². The van der Waals surface area contributed by atoms with Gasteiger partial charge in [0.1, 0.15) is 11.4 Å². The molecule has 2 aromatic carbocycles. The molecule has 0 radical (unpaired) electrons. The van der Waals surface area contributed by atoms with Crippen molar-refractivity contribution in [3.05, 3.63) is 78.9 Å². The first kappa shape index (κ1) is 24.7. The summed E-state index contributed by atoms with van der Waals surface area (Å²) < 4.78 is 13.6. The second-order valence-corrected chi connectivity index (χ2v) is 8.20. The first-order valence-corrected chi connectivity index (χ1v) is 11.5. The van der Waals surface area contributed by atoms with Crippen LogP contribution in [0.5, 0.6) is 11.6 Å². The molecule has 6 nitrogen and oxygen atoms in total. The molecule has 3 aromatic rings. The molecule has 2 atom stereocenters. The SMILES string of the molecule is C=CCOC[C@@H](O)CN(Cc1c(-c2ccccc2)nn(C)c1Oc1ccccc1)[C@@H](C)CC. The van der Waals surface area contributed by atoms with Gasteiger partial charge in [0.15, 0.2) is 0 Å². The number of aromatic nitrogens is 2. The molecule has 176 valence electrons.